The molecule has 87 heavy (non-hydrogen) atoms. The fourth-order valence-electron chi connectivity index (χ4n) is 8.19. The van der Waals surface area contributed by atoms with Crippen LogP contribution in [0.25, 0.3) is 0 Å². The summed E-state index contributed by atoms with van der Waals surface area (Å²) in [7, 11) is 0. The van der Waals surface area contributed by atoms with Gasteiger partial charge in [-0.15, -0.1) is 0 Å². The van der Waals surface area contributed by atoms with Crippen molar-refractivity contribution in [1.82, 2.24) is 42.5 Å². The van der Waals surface area contributed by atoms with Crippen molar-refractivity contribution in [3.63, 3.8) is 0 Å². The Hall–Kier alpha value is -9.41. The molecule has 0 saturated heterocycles. The first-order valence-electron chi connectivity index (χ1n) is 28.0. The van der Waals surface area contributed by atoms with Crippen LogP contribution in [0.3, 0.4) is 0 Å². The Morgan fingerprint density at radius 3 is 1.28 bits per heavy atom. The van der Waals surface area contributed by atoms with Gasteiger partial charge >= 0.3 is 17.9 Å². The van der Waals surface area contributed by atoms with Gasteiger partial charge in [0.1, 0.15) is 48.3 Å². The first kappa shape index (κ1) is 75.6. The number of primary amides is 1. The zero-order chi connectivity index (χ0) is 65.8. The molecule has 486 valence electrons. The maximum absolute atomic E-state index is 14.6. The second-order valence-electron chi connectivity index (χ2n) is 20.3. The fraction of sp³-hybridized carbons (Fsp3) is 0.596. The topological polar surface area (TPSA) is 633 Å². The van der Waals surface area contributed by atoms with E-state index in [2.05, 4.69) is 57.5 Å². The van der Waals surface area contributed by atoms with Crippen molar-refractivity contribution >= 4 is 89.0 Å². The minimum absolute atomic E-state index is 0.0205. The lowest BCUT2D eigenvalue weighted by atomic mass is 9.96. The summed E-state index contributed by atoms with van der Waals surface area (Å²) in [6.45, 7) is 3.31. The Morgan fingerprint density at radius 1 is 0.460 bits per heavy atom. The molecular weight excluding hydrogens is 1140 g/mol. The minimum Gasteiger partial charge on any atom is -0.481 e. The van der Waals surface area contributed by atoms with Crippen LogP contribution < -0.4 is 94.1 Å². The smallest absolute Gasteiger partial charge is 0.326 e. The van der Waals surface area contributed by atoms with E-state index in [0.717, 1.165) is 0 Å². The monoisotopic (exact) mass is 1230 g/mol. The molecule has 0 fully saturated rings. The molecule has 0 radical (unpaired) electrons. The van der Waals surface area contributed by atoms with Gasteiger partial charge in [-0.1, -0.05) is 50.6 Å². The minimum atomic E-state index is -1.83. The number of amides is 9. The third-order valence-corrected chi connectivity index (χ3v) is 13.1. The average Bonchev–Trinajstić information content (AvgIpc) is 2.52. The van der Waals surface area contributed by atoms with E-state index in [9.17, 15) is 67.7 Å². The molecule has 0 bridgehead atoms. The van der Waals surface area contributed by atoms with Gasteiger partial charge in [0.15, 0.2) is 17.9 Å². The van der Waals surface area contributed by atoms with Crippen LogP contribution in [-0.4, -0.2) is 185 Å². The number of carbonyl (C=O) groups excluding carboxylic acids is 9. The van der Waals surface area contributed by atoms with Crippen LogP contribution in [0.2, 0.25) is 0 Å². The molecule has 0 aromatic heterocycles. The molecule has 35 nitrogen and oxygen atoms in total. The molecule has 0 saturated carbocycles. The van der Waals surface area contributed by atoms with Crippen LogP contribution in [-0.2, 0) is 64.0 Å². The predicted octanol–water partition coefficient (Wildman–Crippen LogP) is -6.93. The van der Waals surface area contributed by atoms with Crippen molar-refractivity contribution in [2.45, 2.75) is 165 Å². The number of nitrogens with two attached hydrogens (primary N) is 9. The Bertz CT molecular complexity index is 2560. The molecule has 0 aliphatic heterocycles. The number of rotatable bonds is 44. The zero-order valence-electron chi connectivity index (χ0n) is 48.9. The summed E-state index contributed by atoms with van der Waals surface area (Å²) < 4.78 is 0. The van der Waals surface area contributed by atoms with Gasteiger partial charge in [-0.2, -0.15) is 0 Å². The maximum atomic E-state index is 14.6. The predicted molar refractivity (Wildman–Crippen MR) is 316 cm³/mol. The zero-order valence-corrected chi connectivity index (χ0v) is 48.9. The fourth-order valence-corrected chi connectivity index (χ4v) is 8.19. The molecule has 9 amide bonds. The summed E-state index contributed by atoms with van der Waals surface area (Å²) in [5, 5.41) is 48.3. The van der Waals surface area contributed by atoms with Gasteiger partial charge < -0.3 is 109 Å². The number of aliphatic imine (C=N–C) groups is 3. The summed E-state index contributed by atoms with van der Waals surface area (Å²) in [6.07, 6.45) is -2.61. The number of carbonyl (C=O) groups is 12. The molecule has 10 atom stereocenters. The third-order valence-electron chi connectivity index (χ3n) is 13.1. The molecule has 0 unspecified atom stereocenters. The van der Waals surface area contributed by atoms with Crippen molar-refractivity contribution in [1.29, 1.82) is 0 Å². The average molecular weight is 1230 g/mol. The summed E-state index contributed by atoms with van der Waals surface area (Å²) in [4.78, 5) is 171. The number of carboxylic acids is 3. The van der Waals surface area contributed by atoms with Gasteiger partial charge in [-0.05, 0) is 82.2 Å². The Kier molecular flexibility index (Phi) is 35.4. The summed E-state index contributed by atoms with van der Waals surface area (Å²) >= 11 is 0. The van der Waals surface area contributed by atoms with Crippen molar-refractivity contribution in [3.05, 3.63) is 35.9 Å². The molecule has 0 spiro atoms. The van der Waals surface area contributed by atoms with Crippen molar-refractivity contribution in [2.24, 2.45) is 72.5 Å². The summed E-state index contributed by atoms with van der Waals surface area (Å²) in [6, 6.07) is -5.96. The van der Waals surface area contributed by atoms with Crippen LogP contribution in [0.15, 0.2) is 45.3 Å². The first-order valence-corrected chi connectivity index (χ1v) is 28.0. The number of nitrogens with one attached hydrogen (secondary N) is 8. The highest BCUT2D eigenvalue weighted by atomic mass is 16.4. The van der Waals surface area contributed by atoms with Crippen LogP contribution in [0.4, 0.5) is 0 Å². The molecule has 35 heteroatoms. The van der Waals surface area contributed by atoms with Crippen LogP contribution >= 0.6 is 0 Å². The number of unbranched alkanes of at least 4 members (excludes halogenated alkanes) is 1. The number of carboxylic acid groups (broad SMARTS) is 3. The highest BCUT2D eigenvalue weighted by Crippen LogP contribution is 2.14. The van der Waals surface area contributed by atoms with Gasteiger partial charge in [-0.25, -0.2) is 4.79 Å². The highest BCUT2D eigenvalue weighted by molar-refractivity contribution is 5.99. The van der Waals surface area contributed by atoms with Crippen LogP contribution in [0.5, 0.6) is 0 Å². The molecule has 29 N–H and O–H groups in total. The van der Waals surface area contributed by atoms with Crippen LogP contribution in [0.1, 0.15) is 109 Å². The van der Waals surface area contributed by atoms with Gasteiger partial charge in [-0.3, -0.25) is 67.7 Å². The number of hydrogen-bond donors (Lipinski definition) is 20. The third kappa shape index (κ3) is 31.9. The first-order chi connectivity index (χ1) is 41.0. The normalized spacial score (nSPS) is 14.3. The SMILES string of the molecule is CC[C@H](C)[C@H](NC(=O)[C@H](CCCN=C(N)N)NC(=O)[C@H](CCCN=C(N)N)NC(=O)[C@H](CCCCN)NC(=O)[C@H](Cc1ccccc1)NC(=O)[C@H](CC(=O)O)NC(=O)[C@@H](N)CCC(=O)O)C(=O)N[C@@H](CC(N)=O)C(=O)N[C@@H](CCCN=C(N)N)C(=O)O. The van der Waals surface area contributed by atoms with E-state index in [-0.39, 0.29) is 115 Å². The highest BCUT2D eigenvalue weighted by Gasteiger charge is 2.37. The molecular formula is C52H88N20O15. The lowest BCUT2D eigenvalue weighted by molar-refractivity contribution is -0.143. The molecule has 0 aliphatic carbocycles. The van der Waals surface area contributed by atoms with Crippen molar-refractivity contribution in [3.8, 4) is 0 Å². The molecule has 1 aromatic rings. The lowest BCUT2D eigenvalue weighted by Gasteiger charge is -2.29. The number of aliphatic carboxylic acids is 3. The number of guanidine groups is 3. The second-order valence-corrected chi connectivity index (χ2v) is 20.3. The van der Waals surface area contributed by atoms with E-state index < -0.39 is 151 Å². The van der Waals surface area contributed by atoms with E-state index >= 15 is 0 Å². The second kappa shape index (κ2) is 40.8. The summed E-state index contributed by atoms with van der Waals surface area (Å²) in [5.41, 5.74) is 50.3. The number of hydrogen-bond acceptors (Lipinski definition) is 17. The Labute approximate surface area is 502 Å². The van der Waals surface area contributed by atoms with Crippen molar-refractivity contribution < 1.29 is 72.9 Å². The Morgan fingerprint density at radius 2 is 0.851 bits per heavy atom. The summed E-state index contributed by atoms with van der Waals surface area (Å²) in [5.74, 6) is -15.1. The van der Waals surface area contributed by atoms with E-state index in [1.54, 1.807) is 44.2 Å². The number of benzene rings is 1. The van der Waals surface area contributed by atoms with E-state index in [4.69, 9.17) is 56.7 Å². The van der Waals surface area contributed by atoms with Gasteiger partial charge in [0.05, 0.1) is 18.9 Å². The maximum Gasteiger partial charge on any atom is 0.326 e. The van der Waals surface area contributed by atoms with E-state index in [1.807, 2.05) is 0 Å². The number of nitrogens with zero attached hydrogens (tertiary/aromatic N) is 3. The van der Waals surface area contributed by atoms with Crippen molar-refractivity contribution in [2.75, 3.05) is 26.2 Å². The van der Waals surface area contributed by atoms with Crippen LogP contribution in [0, 0.1) is 5.92 Å². The molecule has 1 aromatic carbocycles. The van der Waals surface area contributed by atoms with Gasteiger partial charge in [0.25, 0.3) is 0 Å². The molecule has 0 aliphatic rings. The molecule has 0 heterocycles. The standard InChI is InChI=1S/C52H88N20O15/c1-3-27(2)40(48(85)71-35(25-37(55)73)46(83)68-33(49(86)87)17-11-23-64-52(60)61)72-44(81)32(16-10-22-63-51(58)59)66-43(80)31(15-9-21-62-50(56)57)65-42(79)30(14-7-8-20-53)67-45(82)34(24-28-12-5-4-6-13-28)70-47(84)36(26-39(76)77)69-41(78)29(54)18-19-38(74)75/h4-6,12-13,27,29-36,40H,3,7-11,14-26,53-54H2,1-2H3,(H2,55,73)(H,65,79)(H,66,80)(H,67,82)(H,68,83)(H,69,78)(H,70,84)(H,71,85)(H,72,81)(H,74,75)(H,76,77)(H,86,87)(H4,56,57,62)(H4,58,59,63)(H4,60,61,64)/t27-,29-,30-,31-,32-,33-,34-,35-,36-,40-/m0/s1. The largest absolute Gasteiger partial charge is 0.481 e. The van der Waals surface area contributed by atoms with Gasteiger partial charge in [0, 0.05) is 32.5 Å². The lowest BCUT2D eigenvalue weighted by Crippen LogP contribution is -2.61. The van der Waals surface area contributed by atoms with E-state index in [0.29, 0.717) is 12.0 Å². The quantitative estimate of drug-likeness (QED) is 0.0164. The Balaban J connectivity index is 3.77. The molecule has 1 rings (SSSR count). The van der Waals surface area contributed by atoms with Gasteiger partial charge in [0.2, 0.25) is 53.2 Å². The van der Waals surface area contributed by atoms with E-state index in [1.165, 1.54) is 0 Å².